The Labute approximate surface area is 146 Å². The van der Waals surface area contributed by atoms with E-state index in [0.29, 0.717) is 11.0 Å². The summed E-state index contributed by atoms with van der Waals surface area (Å²) in [5, 5.41) is 12.8. The van der Waals surface area contributed by atoms with E-state index in [1.807, 2.05) is 21.1 Å². The van der Waals surface area contributed by atoms with Gasteiger partial charge in [-0.1, -0.05) is 18.7 Å². The summed E-state index contributed by atoms with van der Waals surface area (Å²) in [6.07, 6.45) is -0.393. The Bertz CT molecular complexity index is 475. The first-order valence-electron chi connectivity index (χ1n) is 7.58. The van der Waals surface area contributed by atoms with E-state index < -0.39 is 30.0 Å². The van der Waals surface area contributed by atoms with Crippen molar-refractivity contribution >= 4 is 34.7 Å². The smallest absolute Gasteiger partial charge is 0.306 e. The van der Waals surface area contributed by atoms with E-state index in [9.17, 15) is 24.3 Å². The maximum Gasteiger partial charge on any atom is 0.306 e. The van der Waals surface area contributed by atoms with Crippen molar-refractivity contribution in [3.05, 3.63) is 0 Å². The molecule has 1 amide bonds. The summed E-state index contributed by atoms with van der Waals surface area (Å²) in [7, 11) is 5.73. The van der Waals surface area contributed by atoms with Crippen molar-refractivity contribution in [2.24, 2.45) is 0 Å². The zero-order chi connectivity index (χ0) is 18.9. The third kappa shape index (κ3) is 11.0. The molecule has 1 N–H and O–H groups in total. The van der Waals surface area contributed by atoms with E-state index in [1.165, 1.54) is 6.92 Å². The van der Waals surface area contributed by atoms with Crippen LogP contribution in [0.1, 0.15) is 26.7 Å². The Balaban J connectivity index is 4.66. The van der Waals surface area contributed by atoms with E-state index >= 15 is 0 Å². The molecule has 1 unspecified atom stereocenters. The summed E-state index contributed by atoms with van der Waals surface area (Å²) >= 11 is 0.771. The lowest BCUT2D eigenvalue weighted by Gasteiger charge is -2.28. The average molecular weight is 362 g/mol. The molecule has 0 bridgehead atoms. The third-order valence-corrected chi connectivity index (χ3v) is 3.79. The summed E-state index contributed by atoms with van der Waals surface area (Å²) in [5.74, 6) is -2.50. The summed E-state index contributed by atoms with van der Waals surface area (Å²) in [6.45, 7) is 3.30. The third-order valence-electron chi connectivity index (χ3n) is 2.81. The number of thioether (sulfide) groups is 1. The molecule has 24 heavy (non-hydrogen) atoms. The molecule has 2 atom stereocenters. The number of hydrogen-bond acceptors (Lipinski definition) is 7. The van der Waals surface area contributed by atoms with Gasteiger partial charge in [0.05, 0.1) is 39.6 Å². The fraction of sp³-hybridized carbons (Fsp3) is 0.733. The van der Waals surface area contributed by atoms with Gasteiger partial charge >= 0.3 is 5.97 Å². The Morgan fingerprint density at radius 3 is 2.21 bits per heavy atom. The number of rotatable bonds is 10. The Hall–Kier alpha value is -1.61. The number of ether oxygens (including phenoxy) is 1. The Kier molecular flexibility index (Phi) is 9.60. The number of amides is 1. The molecule has 8 nitrogen and oxygen atoms in total. The van der Waals surface area contributed by atoms with E-state index in [0.717, 1.165) is 11.8 Å². The number of esters is 1. The quantitative estimate of drug-likeness (QED) is 0.388. The molecule has 0 radical (unpaired) electrons. The van der Waals surface area contributed by atoms with Crippen LogP contribution >= 0.6 is 11.8 Å². The highest BCUT2D eigenvalue weighted by Gasteiger charge is 2.25. The molecular formula is C15H26N2O6S. The molecule has 0 saturated heterocycles. The topological polar surface area (TPSA) is 113 Å². The lowest BCUT2D eigenvalue weighted by atomic mass is 10.2. The lowest BCUT2D eigenvalue weighted by Crippen LogP contribution is -2.49. The molecule has 9 heteroatoms. The minimum Gasteiger partial charge on any atom is -0.548 e. The molecular weight excluding hydrogens is 336 g/mol. The number of aliphatic carboxylic acids is 1. The second-order valence-electron chi connectivity index (χ2n) is 6.40. The van der Waals surface area contributed by atoms with Gasteiger partial charge in [-0.15, -0.1) is 0 Å². The molecule has 0 aromatic rings. The van der Waals surface area contributed by atoms with Crippen molar-refractivity contribution in [3.63, 3.8) is 0 Å². The minimum absolute atomic E-state index is 0.0221. The number of likely N-dealkylation sites (N-methyl/N-ethyl adjacent to an activating group) is 1. The molecule has 0 fully saturated rings. The number of carboxylic acid groups (broad SMARTS) is 1. The summed E-state index contributed by atoms with van der Waals surface area (Å²) in [4.78, 5) is 45.4. The summed E-state index contributed by atoms with van der Waals surface area (Å²) in [5.41, 5.74) is 0. The second-order valence-corrected chi connectivity index (χ2v) is 7.47. The zero-order valence-corrected chi connectivity index (χ0v) is 15.6. The molecule has 0 aliphatic carbocycles. The Morgan fingerprint density at radius 1 is 1.21 bits per heavy atom. The van der Waals surface area contributed by atoms with Crippen molar-refractivity contribution in [1.29, 1.82) is 0 Å². The normalized spacial score (nSPS) is 13.7. The fourth-order valence-electron chi connectivity index (χ4n) is 1.86. The van der Waals surface area contributed by atoms with Crippen LogP contribution in [0, 0.1) is 0 Å². The highest BCUT2D eigenvalue weighted by atomic mass is 32.2. The van der Waals surface area contributed by atoms with Crippen LogP contribution in [-0.4, -0.2) is 73.0 Å². The highest BCUT2D eigenvalue weighted by Crippen LogP contribution is 2.14. The molecule has 0 aromatic heterocycles. The minimum atomic E-state index is -1.45. The maximum absolute atomic E-state index is 12.1. The SMILES string of the molecule is CCC(=O)O[C@H](CC(=O)SCC(NC(C)=O)C(=O)[O-])C[N+](C)(C)C. The van der Waals surface area contributed by atoms with Crippen LogP contribution < -0.4 is 10.4 Å². The van der Waals surface area contributed by atoms with Crippen molar-refractivity contribution < 1.29 is 33.5 Å². The van der Waals surface area contributed by atoms with Gasteiger partial charge in [-0.2, -0.15) is 0 Å². The van der Waals surface area contributed by atoms with E-state index in [4.69, 9.17) is 4.74 Å². The van der Waals surface area contributed by atoms with Crippen molar-refractivity contribution in [2.45, 2.75) is 38.8 Å². The molecule has 0 aliphatic heterocycles. The van der Waals surface area contributed by atoms with Crippen LogP contribution in [0.3, 0.4) is 0 Å². The predicted molar refractivity (Wildman–Crippen MR) is 87.8 cm³/mol. The van der Waals surface area contributed by atoms with Crippen LogP contribution in [0.5, 0.6) is 0 Å². The van der Waals surface area contributed by atoms with Crippen molar-refractivity contribution in [3.8, 4) is 0 Å². The van der Waals surface area contributed by atoms with E-state index in [1.54, 1.807) is 6.92 Å². The largest absolute Gasteiger partial charge is 0.548 e. The van der Waals surface area contributed by atoms with Gasteiger partial charge in [0.15, 0.2) is 11.2 Å². The number of carbonyl (C=O) groups excluding carboxylic acids is 4. The van der Waals surface area contributed by atoms with Crippen molar-refractivity contribution in [2.75, 3.05) is 33.4 Å². The highest BCUT2D eigenvalue weighted by molar-refractivity contribution is 8.13. The lowest BCUT2D eigenvalue weighted by molar-refractivity contribution is -0.873. The molecule has 0 rings (SSSR count). The summed E-state index contributed by atoms with van der Waals surface area (Å²) < 4.78 is 5.79. The molecule has 0 aromatic carbocycles. The standard InChI is InChI=1S/C15H26N2O6S/c1-6-13(19)23-11(8-17(3,4)5)7-14(20)24-9-12(15(21)22)16-10(2)18/h11-12H,6-9H2,1-5H3,(H-,16,18,21,22)/t11-,12?/m1/s1. The van der Waals surface area contributed by atoms with Crippen LogP contribution in [0.2, 0.25) is 0 Å². The van der Waals surface area contributed by atoms with Crippen molar-refractivity contribution in [1.82, 2.24) is 5.32 Å². The molecule has 0 aliphatic rings. The predicted octanol–water partition coefficient (Wildman–Crippen LogP) is -1.08. The number of hydrogen-bond donors (Lipinski definition) is 1. The van der Waals surface area contributed by atoms with Gasteiger partial charge in [-0.05, 0) is 0 Å². The Morgan fingerprint density at radius 2 is 1.79 bits per heavy atom. The van der Waals surface area contributed by atoms with Gasteiger partial charge in [0, 0.05) is 19.1 Å². The molecule has 138 valence electrons. The number of nitrogens with zero attached hydrogens (tertiary/aromatic N) is 1. The molecule has 0 heterocycles. The average Bonchev–Trinajstić information content (AvgIpc) is 2.40. The second kappa shape index (κ2) is 10.3. The van der Waals surface area contributed by atoms with Crippen LogP contribution in [0.15, 0.2) is 0 Å². The van der Waals surface area contributed by atoms with Gasteiger partial charge in [0.2, 0.25) is 5.91 Å². The number of quaternary nitrogens is 1. The van der Waals surface area contributed by atoms with Gasteiger partial charge < -0.3 is 24.4 Å². The van der Waals surface area contributed by atoms with E-state index in [-0.39, 0.29) is 23.7 Å². The zero-order valence-electron chi connectivity index (χ0n) is 14.8. The van der Waals surface area contributed by atoms with Gasteiger partial charge in [-0.25, -0.2) is 0 Å². The van der Waals surface area contributed by atoms with Gasteiger partial charge in [0.1, 0.15) is 6.54 Å². The van der Waals surface area contributed by atoms with Crippen LogP contribution in [0.25, 0.3) is 0 Å². The number of carboxylic acids is 1. The number of nitrogens with one attached hydrogen (secondary N) is 1. The van der Waals surface area contributed by atoms with E-state index in [2.05, 4.69) is 5.32 Å². The molecule has 0 spiro atoms. The summed E-state index contributed by atoms with van der Waals surface area (Å²) in [6, 6.07) is -1.24. The first kappa shape index (κ1) is 22.4. The molecule has 0 saturated carbocycles. The van der Waals surface area contributed by atoms with Gasteiger partial charge in [0.25, 0.3) is 0 Å². The maximum atomic E-state index is 12.1. The first-order chi connectivity index (χ1) is 10.9. The monoisotopic (exact) mass is 362 g/mol. The van der Waals surface area contributed by atoms with Crippen LogP contribution in [0.4, 0.5) is 0 Å². The van der Waals surface area contributed by atoms with Gasteiger partial charge in [-0.3, -0.25) is 14.4 Å². The fourth-order valence-corrected chi connectivity index (χ4v) is 2.73. The first-order valence-corrected chi connectivity index (χ1v) is 8.56. The number of carbonyl (C=O) groups is 4. The van der Waals surface area contributed by atoms with Crippen LogP contribution in [-0.2, 0) is 23.9 Å².